The van der Waals surface area contributed by atoms with E-state index < -0.39 is 17.7 Å². The molecule has 0 radical (unpaired) electrons. The van der Waals surface area contributed by atoms with Gasteiger partial charge in [-0.3, -0.25) is 19.5 Å². The third-order valence-electron chi connectivity index (χ3n) is 6.16. The van der Waals surface area contributed by atoms with E-state index >= 15 is 0 Å². The van der Waals surface area contributed by atoms with Gasteiger partial charge >= 0.3 is 0 Å². The van der Waals surface area contributed by atoms with Crippen LogP contribution in [0.2, 0.25) is 0 Å². The zero-order valence-electron chi connectivity index (χ0n) is 20.4. The third kappa shape index (κ3) is 4.25. The predicted molar refractivity (Wildman–Crippen MR) is 134 cm³/mol. The largest absolute Gasteiger partial charge is 0.507 e. The van der Waals surface area contributed by atoms with E-state index in [0.29, 0.717) is 16.9 Å². The van der Waals surface area contributed by atoms with Crippen molar-refractivity contribution in [1.29, 1.82) is 0 Å². The molecule has 0 saturated carbocycles. The number of anilines is 1. The molecule has 1 aliphatic rings. The van der Waals surface area contributed by atoms with E-state index in [2.05, 4.69) is 4.98 Å². The number of aliphatic hydroxyl groups is 1. The number of nitrogens with zero attached hydrogens (tertiary/aromatic N) is 2. The smallest absolute Gasteiger partial charge is 0.300 e. The number of aromatic hydroxyl groups is 1. The van der Waals surface area contributed by atoms with Gasteiger partial charge in [-0.1, -0.05) is 39.0 Å². The predicted octanol–water partition coefficient (Wildman–Crippen LogP) is 5.03. The number of phenolic OH excluding ortho intramolecular Hbond substituents is 1. The number of aromatic nitrogens is 1. The minimum atomic E-state index is -1.00. The fraction of sp³-hybridized carbons (Fsp3) is 0.250. The summed E-state index contributed by atoms with van der Waals surface area (Å²) in [6, 6.07) is 12.6. The first kappa shape index (κ1) is 24.0. The first-order valence-electron chi connectivity index (χ1n) is 11.2. The monoisotopic (exact) mass is 472 g/mol. The van der Waals surface area contributed by atoms with Gasteiger partial charge in [0.25, 0.3) is 11.7 Å². The van der Waals surface area contributed by atoms with Crippen molar-refractivity contribution in [2.75, 3.05) is 12.0 Å². The van der Waals surface area contributed by atoms with Crippen LogP contribution in [-0.2, 0) is 15.0 Å². The van der Waals surface area contributed by atoms with Crippen LogP contribution in [0.1, 0.15) is 49.1 Å². The lowest BCUT2D eigenvalue weighted by Crippen LogP contribution is -2.29. The van der Waals surface area contributed by atoms with Crippen molar-refractivity contribution in [3.63, 3.8) is 0 Å². The maximum Gasteiger partial charge on any atom is 0.300 e. The average molecular weight is 473 g/mol. The molecule has 2 N–H and O–H groups in total. The fourth-order valence-corrected chi connectivity index (χ4v) is 4.27. The fourth-order valence-electron chi connectivity index (χ4n) is 4.27. The molecule has 3 aromatic rings. The summed E-state index contributed by atoms with van der Waals surface area (Å²) in [4.78, 5) is 32.1. The summed E-state index contributed by atoms with van der Waals surface area (Å²) in [5, 5.41) is 22.1. The lowest BCUT2D eigenvalue weighted by Gasteiger charge is -2.26. The number of benzene rings is 2. The highest BCUT2D eigenvalue weighted by molar-refractivity contribution is 6.52. The zero-order chi connectivity index (χ0) is 25.5. The van der Waals surface area contributed by atoms with E-state index in [-0.39, 0.29) is 28.2 Å². The Bertz CT molecular complexity index is 1340. The number of ether oxygens (including phenoxy) is 1. The molecule has 0 bridgehead atoms. The first-order valence-corrected chi connectivity index (χ1v) is 11.2. The van der Waals surface area contributed by atoms with Gasteiger partial charge in [0.2, 0.25) is 0 Å². The summed E-state index contributed by atoms with van der Waals surface area (Å²) in [6.07, 6.45) is 3.11. The lowest BCUT2D eigenvalue weighted by atomic mass is 9.85. The highest BCUT2D eigenvalue weighted by Crippen LogP contribution is 2.46. The van der Waals surface area contributed by atoms with Gasteiger partial charge in [0.1, 0.15) is 17.3 Å². The van der Waals surface area contributed by atoms with Gasteiger partial charge in [0.15, 0.2) is 0 Å². The summed E-state index contributed by atoms with van der Waals surface area (Å²) in [7, 11) is 1.48. The number of hydrogen-bond acceptors (Lipinski definition) is 6. The maximum atomic E-state index is 13.4. The van der Waals surface area contributed by atoms with Gasteiger partial charge in [-0.05, 0) is 59.4 Å². The van der Waals surface area contributed by atoms with Crippen molar-refractivity contribution in [1.82, 2.24) is 4.98 Å². The van der Waals surface area contributed by atoms with Crippen molar-refractivity contribution >= 4 is 23.1 Å². The summed E-state index contributed by atoms with van der Waals surface area (Å²) in [5.41, 5.74) is 2.38. The molecule has 1 amide bonds. The van der Waals surface area contributed by atoms with Crippen LogP contribution in [0.25, 0.3) is 5.76 Å². The van der Waals surface area contributed by atoms with Crippen LogP contribution in [0.5, 0.6) is 11.5 Å². The van der Waals surface area contributed by atoms with Crippen LogP contribution in [0.3, 0.4) is 0 Å². The molecule has 1 aromatic heterocycles. The van der Waals surface area contributed by atoms with Gasteiger partial charge in [-0.15, -0.1) is 0 Å². The van der Waals surface area contributed by atoms with Crippen molar-refractivity contribution in [2.24, 2.45) is 0 Å². The highest BCUT2D eigenvalue weighted by atomic mass is 16.5. The number of Topliss-reactive ketones (excluding diaryl/α,β-unsaturated/α-hetero) is 1. The van der Waals surface area contributed by atoms with Crippen LogP contribution in [-0.4, -0.2) is 34.0 Å². The van der Waals surface area contributed by atoms with Crippen LogP contribution < -0.4 is 9.64 Å². The van der Waals surface area contributed by atoms with Crippen LogP contribution >= 0.6 is 0 Å². The maximum absolute atomic E-state index is 13.4. The molecule has 1 saturated heterocycles. The Labute approximate surface area is 204 Å². The summed E-state index contributed by atoms with van der Waals surface area (Å²) in [6.45, 7) is 7.93. The van der Waals surface area contributed by atoms with Gasteiger partial charge in [-0.2, -0.15) is 0 Å². The second kappa shape index (κ2) is 8.91. The second-order valence-corrected chi connectivity index (χ2v) is 9.61. The lowest BCUT2D eigenvalue weighted by molar-refractivity contribution is -0.132. The third-order valence-corrected chi connectivity index (χ3v) is 6.16. The molecule has 0 aliphatic carbocycles. The minimum Gasteiger partial charge on any atom is -0.507 e. The summed E-state index contributed by atoms with van der Waals surface area (Å²) in [5.74, 6) is -1.86. The Morgan fingerprint density at radius 2 is 1.83 bits per heavy atom. The van der Waals surface area contributed by atoms with Gasteiger partial charge in [-0.25, -0.2) is 0 Å². The number of phenols is 1. The van der Waals surface area contributed by atoms with Crippen LogP contribution in [0, 0.1) is 6.92 Å². The zero-order valence-corrected chi connectivity index (χ0v) is 20.4. The number of carbonyl (C=O) groups is 2. The second-order valence-electron chi connectivity index (χ2n) is 9.61. The van der Waals surface area contributed by atoms with E-state index in [0.717, 1.165) is 11.1 Å². The molecule has 35 heavy (non-hydrogen) atoms. The molecule has 1 unspecified atom stereocenters. The van der Waals surface area contributed by atoms with Crippen LogP contribution in [0.15, 0.2) is 66.5 Å². The molecule has 2 heterocycles. The van der Waals surface area contributed by atoms with Crippen molar-refractivity contribution in [2.45, 2.75) is 39.2 Å². The number of carbonyl (C=O) groups excluding carboxylic acids is 2. The quantitative estimate of drug-likeness (QED) is 0.314. The number of amides is 1. The number of hydrogen-bond donors (Lipinski definition) is 2. The van der Waals surface area contributed by atoms with Gasteiger partial charge in [0.05, 0.1) is 30.0 Å². The highest BCUT2D eigenvalue weighted by Gasteiger charge is 2.48. The molecule has 1 aliphatic heterocycles. The van der Waals surface area contributed by atoms with E-state index in [4.69, 9.17) is 4.74 Å². The molecule has 7 nitrogen and oxygen atoms in total. The molecule has 0 spiro atoms. The molecular weight excluding hydrogens is 444 g/mol. The molecular formula is C28H28N2O5. The number of aryl methyl sites for hydroxylation is 1. The van der Waals surface area contributed by atoms with Gasteiger partial charge < -0.3 is 14.9 Å². The van der Waals surface area contributed by atoms with Gasteiger partial charge in [0, 0.05) is 12.4 Å². The molecule has 180 valence electrons. The Morgan fingerprint density at radius 1 is 1.09 bits per heavy atom. The average Bonchev–Trinajstić information content (AvgIpc) is 3.10. The van der Waals surface area contributed by atoms with E-state index in [1.54, 1.807) is 42.6 Å². The SMILES string of the molecule is COc1ccc(C(C)(C)C)cc1/C(O)=C1\C(=O)C(=O)N(c2cc(C)ccc2O)C1c1cccnc1. The molecule has 7 heteroatoms. The topological polar surface area (TPSA) is 100.0 Å². The minimum absolute atomic E-state index is 0.103. The molecule has 1 fully saturated rings. The van der Waals surface area contributed by atoms with E-state index in [9.17, 15) is 19.8 Å². The Morgan fingerprint density at radius 3 is 2.46 bits per heavy atom. The van der Waals surface area contributed by atoms with Crippen molar-refractivity contribution in [3.8, 4) is 11.5 Å². The normalized spacial score (nSPS) is 17.6. The number of pyridine rings is 1. The standard InChI is InChI=1S/C28H28N2O5/c1-16-8-10-21(31)20(13-16)30-24(17-7-6-12-29-15-17)23(26(33)27(30)34)25(32)19-14-18(28(2,3)4)9-11-22(19)35-5/h6-15,24,31-32H,1-5H3/b25-23+. The van der Waals surface area contributed by atoms with E-state index in [1.807, 2.05) is 33.8 Å². The molecule has 1 atom stereocenters. The van der Waals surface area contributed by atoms with Crippen LogP contribution in [0.4, 0.5) is 5.69 Å². The first-order chi connectivity index (χ1) is 16.5. The molecule has 4 rings (SSSR count). The number of aliphatic hydroxyl groups excluding tert-OH is 1. The number of rotatable bonds is 4. The Hall–Kier alpha value is -4.13. The Balaban J connectivity index is 2.02. The Kier molecular flexibility index (Phi) is 6.11. The number of methoxy groups -OCH3 is 1. The summed E-state index contributed by atoms with van der Waals surface area (Å²) >= 11 is 0. The van der Waals surface area contributed by atoms with Crippen molar-refractivity contribution < 1.29 is 24.5 Å². The summed E-state index contributed by atoms with van der Waals surface area (Å²) < 4.78 is 5.49. The van der Waals surface area contributed by atoms with Crippen molar-refractivity contribution in [3.05, 3.63) is 88.8 Å². The molecule has 2 aromatic carbocycles. The number of ketones is 1. The van der Waals surface area contributed by atoms with E-state index in [1.165, 1.54) is 24.3 Å².